The fourth-order valence-corrected chi connectivity index (χ4v) is 2.36. The molecule has 104 valence electrons. The van der Waals surface area contributed by atoms with Gasteiger partial charge >= 0.3 is 0 Å². The Labute approximate surface area is 132 Å². The van der Waals surface area contributed by atoms with Crippen molar-refractivity contribution < 1.29 is 13.9 Å². The van der Waals surface area contributed by atoms with Gasteiger partial charge in [0.2, 0.25) is 0 Å². The summed E-state index contributed by atoms with van der Waals surface area (Å²) in [6.45, 7) is 0. The van der Waals surface area contributed by atoms with Gasteiger partial charge in [0, 0.05) is 15.0 Å². The minimum atomic E-state index is -0.469. The summed E-state index contributed by atoms with van der Waals surface area (Å²) in [6, 6.07) is 9.14. The summed E-state index contributed by atoms with van der Waals surface area (Å²) in [5.74, 6) is -0.268. The fraction of sp³-hybridized carbons (Fsp3) is 0.0714. The third-order valence-electron chi connectivity index (χ3n) is 2.59. The molecule has 0 aromatic heterocycles. The van der Waals surface area contributed by atoms with Gasteiger partial charge in [0.25, 0.3) is 5.91 Å². The van der Waals surface area contributed by atoms with Gasteiger partial charge in [-0.2, -0.15) is 0 Å². The van der Waals surface area contributed by atoms with E-state index in [1.165, 1.54) is 25.3 Å². The maximum absolute atomic E-state index is 13.2. The number of ether oxygens (including phenoxy) is 1. The zero-order valence-corrected chi connectivity index (χ0v) is 13.6. The van der Waals surface area contributed by atoms with Crippen LogP contribution in [-0.2, 0) is 0 Å². The molecule has 0 atom stereocenters. The molecular formula is C14H10Br2FNO2. The molecule has 2 aromatic carbocycles. The van der Waals surface area contributed by atoms with Crippen molar-refractivity contribution in [3.8, 4) is 5.75 Å². The smallest absolute Gasteiger partial charge is 0.256 e. The van der Waals surface area contributed by atoms with Gasteiger partial charge in [-0.3, -0.25) is 4.79 Å². The Bertz CT molecular complexity index is 662. The van der Waals surface area contributed by atoms with E-state index >= 15 is 0 Å². The average molecular weight is 403 g/mol. The number of carbonyl (C=O) groups is 1. The molecule has 2 aromatic rings. The van der Waals surface area contributed by atoms with Gasteiger partial charge in [-0.15, -0.1) is 0 Å². The van der Waals surface area contributed by atoms with Gasteiger partial charge < -0.3 is 10.1 Å². The standard InChI is InChI=1S/C14H10Br2FNO2/c1-20-9-3-5-12(16)13(7-9)18-14(19)10-6-8(17)2-4-11(10)15/h2-7H,1H3,(H,18,19). The second kappa shape index (κ2) is 6.37. The van der Waals surface area contributed by atoms with Crippen LogP contribution in [0.1, 0.15) is 10.4 Å². The number of methoxy groups -OCH3 is 1. The summed E-state index contributed by atoms with van der Waals surface area (Å²) >= 11 is 6.56. The quantitative estimate of drug-likeness (QED) is 0.813. The molecular weight excluding hydrogens is 393 g/mol. The van der Waals surface area contributed by atoms with Crippen molar-refractivity contribution in [1.29, 1.82) is 0 Å². The van der Waals surface area contributed by atoms with E-state index in [1.54, 1.807) is 18.2 Å². The molecule has 2 rings (SSSR count). The molecule has 3 nitrogen and oxygen atoms in total. The predicted molar refractivity (Wildman–Crippen MR) is 82.7 cm³/mol. The van der Waals surface area contributed by atoms with E-state index in [-0.39, 0.29) is 5.56 Å². The molecule has 20 heavy (non-hydrogen) atoms. The lowest BCUT2D eigenvalue weighted by atomic mass is 10.2. The van der Waals surface area contributed by atoms with E-state index in [9.17, 15) is 9.18 Å². The Morgan fingerprint density at radius 1 is 1.15 bits per heavy atom. The highest BCUT2D eigenvalue weighted by Gasteiger charge is 2.13. The van der Waals surface area contributed by atoms with Gasteiger partial charge in [-0.05, 0) is 62.2 Å². The highest BCUT2D eigenvalue weighted by atomic mass is 79.9. The second-order valence-electron chi connectivity index (χ2n) is 3.92. The number of benzene rings is 2. The largest absolute Gasteiger partial charge is 0.497 e. The van der Waals surface area contributed by atoms with E-state index in [0.717, 1.165) is 0 Å². The number of hydrogen-bond donors (Lipinski definition) is 1. The Balaban J connectivity index is 2.30. The van der Waals surface area contributed by atoms with Crippen LogP contribution >= 0.6 is 31.9 Å². The Hall–Kier alpha value is -1.40. The van der Waals surface area contributed by atoms with Crippen LogP contribution in [-0.4, -0.2) is 13.0 Å². The highest BCUT2D eigenvalue weighted by molar-refractivity contribution is 9.11. The van der Waals surface area contributed by atoms with Gasteiger partial charge in [0.05, 0.1) is 18.4 Å². The molecule has 0 spiro atoms. The van der Waals surface area contributed by atoms with Crippen LogP contribution in [0, 0.1) is 5.82 Å². The predicted octanol–water partition coefficient (Wildman–Crippen LogP) is 4.61. The molecule has 0 aliphatic rings. The summed E-state index contributed by atoms with van der Waals surface area (Å²) in [4.78, 5) is 12.2. The van der Waals surface area contributed by atoms with Gasteiger partial charge in [0.15, 0.2) is 0 Å². The summed E-state index contributed by atoms with van der Waals surface area (Å²) in [5.41, 5.74) is 0.769. The summed E-state index contributed by atoms with van der Waals surface area (Å²) < 4.78 is 19.5. The lowest BCUT2D eigenvalue weighted by Gasteiger charge is -2.10. The van der Waals surface area contributed by atoms with Crippen molar-refractivity contribution in [1.82, 2.24) is 0 Å². The van der Waals surface area contributed by atoms with Crippen LogP contribution in [0.5, 0.6) is 5.75 Å². The second-order valence-corrected chi connectivity index (χ2v) is 5.63. The molecule has 1 amide bonds. The van der Waals surface area contributed by atoms with Crippen LogP contribution in [0.4, 0.5) is 10.1 Å². The van der Waals surface area contributed by atoms with Crippen LogP contribution in [0.25, 0.3) is 0 Å². The molecule has 0 heterocycles. The van der Waals surface area contributed by atoms with Gasteiger partial charge in [0.1, 0.15) is 11.6 Å². The van der Waals surface area contributed by atoms with Gasteiger partial charge in [-0.25, -0.2) is 4.39 Å². The molecule has 0 bridgehead atoms. The number of nitrogens with one attached hydrogen (secondary N) is 1. The monoisotopic (exact) mass is 401 g/mol. The fourth-order valence-electron chi connectivity index (χ4n) is 1.59. The van der Waals surface area contributed by atoms with Crippen LogP contribution in [0.15, 0.2) is 45.3 Å². The zero-order chi connectivity index (χ0) is 14.7. The van der Waals surface area contributed by atoms with Crippen molar-refractivity contribution >= 4 is 43.5 Å². The number of rotatable bonds is 3. The highest BCUT2D eigenvalue weighted by Crippen LogP contribution is 2.28. The minimum absolute atomic E-state index is 0.222. The normalized spacial score (nSPS) is 10.2. The van der Waals surface area contributed by atoms with E-state index in [1.807, 2.05) is 0 Å². The Morgan fingerprint density at radius 3 is 2.55 bits per heavy atom. The maximum atomic E-state index is 13.2. The first-order valence-corrected chi connectivity index (χ1v) is 7.20. The minimum Gasteiger partial charge on any atom is -0.497 e. The third kappa shape index (κ3) is 3.37. The molecule has 0 saturated heterocycles. The van der Waals surface area contributed by atoms with Crippen molar-refractivity contribution in [2.24, 2.45) is 0 Å². The van der Waals surface area contributed by atoms with E-state index < -0.39 is 11.7 Å². The van der Waals surface area contributed by atoms with Crippen LogP contribution < -0.4 is 10.1 Å². The van der Waals surface area contributed by atoms with Crippen molar-refractivity contribution in [2.75, 3.05) is 12.4 Å². The molecule has 0 aliphatic heterocycles. The van der Waals surface area contributed by atoms with Crippen molar-refractivity contribution in [2.45, 2.75) is 0 Å². The number of carbonyl (C=O) groups excluding carboxylic acids is 1. The third-order valence-corrected chi connectivity index (χ3v) is 3.98. The van der Waals surface area contributed by atoms with Crippen molar-refractivity contribution in [3.05, 3.63) is 56.7 Å². The average Bonchev–Trinajstić information content (AvgIpc) is 2.43. The molecule has 0 unspecified atom stereocenters. The van der Waals surface area contributed by atoms with Crippen LogP contribution in [0.2, 0.25) is 0 Å². The molecule has 0 radical (unpaired) electrons. The molecule has 6 heteroatoms. The molecule has 0 saturated carbocycles. The molecule has 0 fully saturated rings. The maximum Gasteiger partial charge on any atom is 0.256 e. The van der Waals surface area contributed by atoms with Crippen LogP contribution in [0.3, 0.4) is 0 Å². The molecule has 0 aliphatic carbocycles. The lowest BCUT2D eigenvalue weighted by Crippen LogP contribution is -2.13. The zero-order valence-electron chi connectivity index (χ0n) is 10.4. The SMILES string of the molecule is COc1ccc(Br)c(NC(=O)c2cc(F)ccc2Br)c1. The lowest BCUT2D eigenvalue weighted by molar-refractivity contribution is 0.102. The van der Waals surface area contributed by atoms with Gasteiger partial charge in [-0.1, -0.05) is 0 Å². The van der Waals surface area contributed by atoms with E-state index in [4.69, 9.17) is 4.74 Å². The van der Waals surface area contributed by atoms with E-state index in [2.05, 4.69) is 37.2 Å². The first-order chi connectivity index (χ1) is 9.51. The first kappa shape index (κ1) is 15.0. The summed E-state index contributed by atoms with van der Waals surface area (Å²) in [7, 11) is 1.54. The Kier molecular flexibility index (Phi) is 4.77. The topological polar surface area (TPSA) is 38.3 Å². The Morgan fingerprint density at radius 2 is 1.85 bits per heavy atom. The number of hydrogen-bond acceptors (Lipinski definition) is 2. The number of halogens is 3. The summed E-state index contributed by atoms with van der Waals surface area (Å²) in [5, 5.41) is 2.71. The van der Waals surface area contributed by atoms with Crippen molar-refractivity contribution in [3.63, 3.8) is 0 Å². The number of anilines is 1. The molecule has 1 N–H and O–H groups in total. The summed E-state index contributed by atoms with van der Waals surface area (Å²) in [6.07, 6.45) is 0. The first-order valence-electron chi connectivity index (χ1n) is 5.61. The van der Waals surface area contributed by atoms with E-state index in [0.29, 0.717) is 20.4 Å². The number of amides is 1.